The maximum absolute atomic E-state index is 3.81. The van der Waals surface area contributed by atoms with Crippen molar-refractivity contribution in [1.29, 1.82) is 0 Å². The second kappa shape index (κ2) is 7.40. The van der Waals surface area contributed by atoms with Crippen LogP contribution in [0.4, 0.5) is 5.69 Å². The van der Waals surface area contributed by atoms with Crippen LogP contribution < -0.4 is 5.32 Å². The van der Waals surface area contributed by atoms with Gasteiger partial charge in [0.05, 0.1) is 0 Å². The summed E-state index contributed by atoms with van der Waals surface area (Å²) in [5.41, 5.74) is 1.76. The summed E-state index contributed by atoms with van der Waals surface area (Å²) in [5.74, 6) is 1.84. The van der Waals surface area contributed by atoms with E-state index in [1.807, 2.05) is 17.8 Å². The molecule has 116 valence electrons. The van der Waals surface area contributed by atoms with E-state index in [-0.39, 0.29) is 0 Å². The highest BCUT2D eigenvalue weighted by Gasteiger charge is 2.29. The molecule has 0 bridgehead atoms. The Morgan fingerprint density at radius 3 is 2.48 bits per heavy atom. The number of hydrogen-bond acceptors (Lipinski definition) is 2. The van der Waals surface area contributed by atoms with E-state index in [9.17, 15) is 0 Å². The summed E-state index contributed by atoms with van der Waals surface area (Å²) >= 11 is 1.86. The van der Waals surface area contributed by atoms with Crippen molar-refractivity contribution >= 4 is 17.4 Å². The molecule has 0 aliphatic heterocycles. The van der Waals surface area contributed by atoms with Crippen molar-refractivity contribution in [3.63, 3.8) is 0 Å². The molecule has 0 atom stereocenters. The Morgan fingerprint density at radius 2 is 1.86 bits per heavy atom. The fourth-order valence-corrected chi connectivity index (χ4v) is 3.94. The quantitative estimate of drug-likeness (QED) is 0.530. The predicted molar refractivity (Wildman–Crippen MR) is 96.2 cm³/mol. The molecule has 0 saturated heterocycles. The van der Waals surface area contributed by atoms with Gasteiger partial charge in [0, 0.05) is 22.4 Å². The van der Waals surface area contributed by atoms with Crippen LogP contribution in [-0.4, -0.2) is 11.8 Å². The lowest BCUT2D eigenvalue weighted by molar-refractivity contribution is 0.173. The van der Waals surface area contributed by atoms with Crippen LogP contribution in [0.15, 0.2) is 41.8 Å². The lowest BCUT2D eigenvalue weighted by Crippen LogP contribution is -2.31. The number of benzene rings is 1. The molecule has 2 heteroatoms. The van der Waals surface area contributed by atoms with Crippen molar-refractivity contribution < 1.29 is 0 Å². The Balaban J connectivity index is 1.93. The van der Waals surface area contributed by atoms with Crippen molar-refractivity contribution in [1.82, 2.24) is 0 Å². The van der Waals surface area contributed by atoms with Crippen LogP contribution in [0.25, 0.3) is 0 Å². The SMILES string of the molecule is C=CCSc1ccccc1NC1CCC(C(C)(C)C)CC1. The molecule has 0 spiro atoms. The van der Waals surface area contributed by atoms with Gasteiger partial charge < -0.3 is 5.32 Å². The van der Waals surface area contributed by atoms with Crippen LogP contribution in [0.3, 0.4) is 0 Å². The summed E-state index contributed by atoms with van der Waals surface area (Å²) in [6.45, 7) is 11.0. The second-order valence-corrected chi connectivity index (χ2v) is 8.22. The lowest BCUT2D eigenvalue weighted by Gasteiger charge is -2.37. The molecular formula is C19H29NS. The van der Waals surface area contributed by atoms with E-state index < -0.39 is 0 Å². The number of thioether (sulfide) groups is 1. The van der Waals surface area contributed by atoms with Crippen LogP contribution in [0.2, 0.25) is 0 Å². The Labute approximate surface area is 134 Å². The van der Waals surface area contributed by atoms with Gasteiger partial charge in [-0.1, -0.05) is 39.0 Å². The maximum Gasteiger partial charge on any atom is 0.0480 e. The summed E-state index contributed by atoms with van der Waals surface area (Å²) < 4.78 is 0. The monoisotopic (exact) mass is 303 g/mol. The molecule has 0 unspecified atom stereocenters. The topological polar surface area (TPSA) is 12.0 Å². The fourth-order valence-electron chi connectivity index (χ4n) is 3.18. The van der Waals surface area contributed by atoms with Crippen molar-refractivity contribution in [2.75, 3.05) is 11.1 Å². The van der Waals surface area contributed by atoms with Crippen molar-refractivity contribution in [3.05, 3.63) is 36.9 Å². The van der Waals surface area contributed by atoms with Gasteiger partial charge in [0.15, 0.2) is 0 Å². The van der Waals surface area contributed by atoms with Gasteiger partial charge in [0.1, 0.15) is 0 Å². The van der Waals surface area contributed by atoms with Crippen molar-refractivity contribution in [2.45, 2.75) is 57.4 Å². The van der Waals surface area contributed by atoms with E-state index in [0.717, 1.165) is 11.7 Å². The van der Waals surface area contributed by atoms with Crippen molar-refractivity contribution in [3.8, 4) is 0 Å². The minimum absolute atomic E-state index is 0.461. The molecule has 1 aliphatic carbocycles. The van der Waals surface area contributed by atoms with E-state index in [1.54, 1.807) is 0 Å². The molecular weight excluding hydrogens is 274 g/mol. The summed E-state index contributed by atoms with van der Waals surface area (Å²) in [7, 11) is 0. The zero-order chi connectivity index (χ0) is 15.3. The molecule has 1 nitrogen and oxygen atoms in total. The third-order valence-corrected chi connectivity index (χ3v) is 5.62. The summed E-state index contributed by atoms with van der Waals surface area (Å²) in [4.78, 5) is 1.34. The third-order valence-electron chi connectivity index (χ3n) is 4.56. The molecule has 1 fully saturated rings. The highest BCUT2D eigenvalue weighted by atomic mass is 32.2. The summed E-state index contributed by atoms with van der Waals surface area (Å²) in [6.07, 6.45) is 7.26. The third kappa shape index (κ3) is 4.81. The fraction of sp³-hybridized carbons (Fsp3) is 0.579. The maximum atomic E-state index is 3.81. The first-order valence-corrected chi connectivity index (χ1v) is 9.08. The molecule has 1 aromatic carbocycles. The molecule has 0 heterocycles. The van der Waals surface area contributed by atoms with Crippen LogP contribution in [0.5, 0.6) is 0 Å². The molecule has 0 aromatic heterocycles. The zero-order valence-electron chi connectivity index (χ0n) is 13.7. The van der Waals surface area contributed by atoms with Gasteiger partial charge in [-0.05, 0) is 49.1 Å². The number of rotatable bonds is 5. The molecule has 21 heavy (non-hydrogen) atoms. The van der Waals surface area contributed by atoms with E-state index in [1.165, 1.54) is 36.3 Å². The van der Waals surface area contributed by atoms with Gasteiger partial charge in [-0.2, -0.15) is 0 Å². The molecule has 1 saturated carbocycles. The highest BCUT2D eigenvalue weighted by Crippen LogP contribution is 2.39. The largest absolute Gasteiger partial charge is 0.381 e. The van der Waals surface area contributed by atoms with Crippen LogP contribution in [0.1, 0.15) is 46.5 Å². The normalized spacial score (nSPS) is 22.8. The first kappa shape index (κ1) is 16.5. The average Bonchev–Trinajstić information content (AvgIpc) is 2.46. The van der Waals surface area contributed by atoms with E-state index in [0.29, 0.717) is 11.5 Å². The van der Waals surface area contributed by atoms with E-state index in [2.05, 4.69) is 56.9 Å². The van der Waals surface area contributed by atoms with Gasteiger partial charge in [-0.25, -0.2) is 0 Å². The van der Waals surface area contributed by atoms with E-state index >= 15 is 0 Å². The number of para-hydroxylation sites is 1. The second-order valence-electron chi connectivity index (χ2n) is 7.15. The average molecular weight is 304 g/mol. The lowest BCUT2D eigenvalue weighted by atomic mass is 9.71. The Bertz CT molecular complexity index is 453. The smallest absolute Gasteiger partial charge is 0.0480 e. The first-order valence-electron chi connectivity index (χ1n) is 8.10. The Morgan fingerprint density at radius 1 is 1.19 bits per heavy atom. The molecule has 0 radical (unpaired) electrons. The molecule has 2 rings (SSSR count). The van der Waals surface area contributed by atoms with Gasteiger partial charge in [0.2, 0.25) is 0 Å². The molecule has 1 N–H and O–H groups in total. The summed E-state index contributed by atoms with van der Waals surface area (Å²) in [6, 6.07) is 9.29. The van der Waals surface area contributed by atoms with Crippen LogP contribution in [0, 0.1) is 11.3 Å². The predicted octanol–water partition coefficient (Wildman–Crippen LogP) is 5.98. The minimum atomic E-state index is 0.461. The highest BCUT2D eigenvalue weighted by molar-refractivity contribution is 7.99. The van der Waals surface area contributed by atoms with Gasteiger partial charge in [-0.3, -0.25) is 0 Å². The Hall–Kier alpha value is -0.890. The number of anilines is 1. The van der Waals surface area contributed by atoms with Gasteiger partial charge >= 0.3 is 0 Å². The number of nitrogens with one attached hydrogen (secondary N) is 1. The standard InChI is InChI=1S/C19H29NS/c1-5-14-21-18-9-7-6-8-17(18)20-16-12-10-15(11-13-16)19(2,3)4/h5-9,15-16,20H,1,10-14H2,2-4H3. The van der Waals surface area contributed by atoms with Crippen LogP contribution in [-0.2, 0) is 0 Å². The molecule has 1 aromatic rings. The van der Waals surface area contributed by atoms with Gasteiger partial charge in [0.25, 0.3) is 0 Å². The summed E-state index contributed by atoms with van der Waals surface area (Å²) in [5, 5.41) is 3.78. The number of hydrogen-bond donors (Lipinski definition) is 1. The van der Waals surface area contributed by atoms with Crippen LogP contribution >= 0.6 is 11.8 Å². The first-order chi connectivity index (χ1) is 10.0. The molecule has 0 amide bonds. The zero-order valence-corrected chi connectivity index (χ0v) is 14.5. The minimum Gasteiger partial charge on any atom is -0.381 e. The van der Waals surface area contributed by atoms with Gasteiger partial charge in [-0.15, -0.1) is 18.3 Å². The molecule has 1 aliphatic rings. The van der Waals surface area contributed by atoms with Crippen molar-refractivity contribution in [2.24, 2.45) is 11.3 Å². The van der Waals surface area contributed by atoms with E-state index in [4.69, 9.17) is 0 Å². The Kier molecular flexibility index (Phi) is 5.80.